The molecule has 1 aromatic carbocycles. The van der Waals surface area contributed by atoms with Gasteiger partial charge in [0.25, 0.3) is 0 Å². The summed E-state index contributed by atoms with van der Waals surface area (Å²) in [5.74, 6) is 1.07. The lowest BCUT2D eigenvalue weighted by atomic mass is 9.77. The Morgan fingerprint density at radius 1 is 1.43 bits per heavy atom. The highest BCUT2D eigenvalue weighted by Crippen LogP contribution is 2.47. The van der Waals surface area contributed by atoms with Gasteiger partial charge < -0.3 is 0 Å². The van der Waals surface area contributed by atoms with E-state index in [1.54, 1.807) is 0 Å². The second-order valence-electron chi connectivity index (χ2n) is 4.38. The van der Waals surface area contributed by atoms with Crippen molar-refractivity contribution in [1.29, 1.82) is 5.26 Å². The molecule has 0 saturated carbocycles. The van der Waals surface area contributed by atoms with E-state index < -0.39 is 0 Å². The standard InChI is InChI=1S/C12H13NS/c1-12(2)8-14-11-6-4-3-5-9(11)10(12)7-13/h3-6,10H,8H2,1-2H3. The molecule has 1 heterocycles. The fraction of sp³-hybridized carbons (Fsp3) is 0.417. The molecule has 0 fully saturated rings. The van der Waals surface area contributed by atoms with Crippen molar-refractivity contribution in [2.24, 2.45) is 5.41 Å². The van der Waals surface area contributed by atoms with Crippen LogP contribution in [0.5, 0.6) is 0 Å². The SMILES string of the molecule is CC1(C)CSc2ccccc2C1C#N. The van der Waals surface area contributed by atoms with Crippen molar-refractivity contribution >= 4 is 11.8 Å². The third-order valence-electron chi connectivity index (χ3n) is 2.74. The van der Waals surface area contributed by atoms with Gasteiger partial charge in [-0.25, -0.2) is 0 Å². The number of nitrogens with zero attached hydrogens (tertiary/aromatic N) is 1. The Kier molecular flexibility index (Phi) is 2.28. The summed E-state index contributed by atoms with van der Waals surface area (Å²) in [4.78, 5) is 1.28. The first-order chi connectivity index (χ1) is 6.65. The molecule has 1 atom stereocenters. The third-order valence-corrected chi connectivity index (χ3v) is 4.31. The Morgan fingerprint density at radius 2 is 2.14 bits per heavy atom. The Hall–Kier alpha value is -0.940. The predicted molar refractivity (Wildman–Crippen MR) is 59.3 cm³/mol. The number of nitriles is 1. The molecule has 1 aliphatic heterocycles. The molecule has 1 unspecified atom stereocenters. The molecule has 0 aliphatic carbocycles. The van der Waals surface area contributed by atoms with Gasteiger partial charge in [-0.15, -0.1) is 11.8 Å². The molecular formula is C12H13NS. The van der Waals surface area contributed by atoms with Crippen LogP contribution in [-0.2, 0) is 0 Å². The van der Waals surface area contributed by atoms with Gasteiger partial charge in [-0.2, -0.15) is 5.26 Å². The molecule has 0 saturated heterocycles. The van der Waals surface area contributed by atoms with Crippen molar-refractivity contribution in [3.05, 3.63) is 29.8 Å². The Morgan fingerprint density at radius 3 is 2.86 bits per heavy atom. The van der Waals surface area contributed by atoms with Gasteiger partial charge in [-0.1, -0.05) is 32.0 Å². The molecule has 72 valence electrons. The Bertz CT molecular complexity index is 390. The molecule has 2 heteroatoms. The van der Waals surface area contributed by atoms with Crippen molar-refractivity contribution in [3.8, 4) is 6.07 Å². The molecule has 0 N–H and O–H groups in total. The number of benzene rings is 1. The first kappa shape index (κ1) is 9.61. The van der Waals surface area contributed by atoms with Crippen LogP contribution >= 0.6 is 11.8 Å². The normalized spacial score (nSPS) is 23.6. The van der Waals surface area contributed by atoms with Crippen LogP contribution < -0.4 is 0 Å². The summed E-state index contributed by atoms with van der Waals surface area (Å²) in [5.41, 5.74) is 1.30. The molecule has 1 aromatic rings. The quantitative estimate of drug-likeness (QED) is 0.645. The maximum atomic E-state index is 9.21. The average Bonchev–Trinajstić information content (AvgIpc) is 2.17. The van der Waals surface area contributed by atoms with Crippen LogP contribution in [0.15, 0.2) is 29.2 Å². The van der Waals surface area contributed by atoms with E-state index in [-0.39, 0.29) is 11.3 Å². The summed E-state index contributed by atoms with van der Waals surface area (Å²) in [6.45, 7) is 4.34. The van der Waals surface area contributed by atoms with E-state index in [0.29, 0.717) is 0 Å². The smallest absolute Gasteiger partial charge is 0.0782 e. The second kappa shape index (κ2) is 3.33. The lowest BCUT2D eigenvalue weighted by Crippen LogP contribution is -2.27. The lowest BCUT2D eigenvalue weighted by molar-refractivity contribution is 0.373. The molecule has 0 radical (unpaired) electrons. The minimum atomic E-state index is 0.0416. The van der Waals surface area contributed by atoms with Crippen LogP contribution in [-0.4, -0.2) is 5.75 Å². The third kappa shape index (κ3) is 1.42. The highest BCUT2D eigenvalue weighted by Gasteiger charge is 2.36. The number of hydrogen-bond acceptors (Lipinski definition) is 2. The lowest BCUT2D eigenvalue weighted by Gasteiger charge is -2.35. The van der Waals surface area contributed by atoms with E-state index in [1.807, 2.05) is 23.9 Å². The largest absolute Gasteiger partial charge is 0.198 e. The minimum Gasteiger partial charge on any atom is -0.198 e. The van der Waals surface area contributed by atoms with Crippen LogP contribution in [0.25, 0.3) is 0 Å². The molecular weight excluding hydrogens is 190 g/mol. The molecule has 0 amide bonds. The fourth-order valence-corrected chi connectivity index (χ4v) is 3.08. The van der Waals surface area contributed by atoms with Crippen molar-refractivity contribution in [3.63, 3.8) is 0 Å². The number of thioether (sulfide) groups is 1. The van der Waals surface area contributed by atoms with Gasteiger partial charge in [0.05, 0.1) is 12.0 Å². The number of rotatable bonds is 0. The van der Waals surface area contributed by atoms with Gasteiger partial charge in [0.15, 0.2) is 0 Å². The van der Waals surface area contributed by atoms with Crippen LogP contribution in [0.2, 0.25) is 0 Å². The van der Waals surface area contributed by atoms with Gasteiger partial charge in [0, 0.05) is 10.6 Å². The minimum absolute atomic E-state index is 0.0416. The Labute approximate surface area is 89.1 Å². The van der Waals surface area contributed by atoms with Gasteiger partial charge in [-0.05, 0) is 17.0 Å². The maximum absolute atomic E-state index is 9.21. The van der Waals surface area contributed by atoms with Crippen LogP contribution in [0.3, 0.4) is 0 Å². The highest BCUT2D eigenvalue weighted by molar-refractivity contribution is 7.99. The summed E-state index contributed by atoms with van der Waals surface area (Å²) < 4.78 is 0. The predicted octanol–water partition coefficient (Wildman–Crippen LogP) is 3.43. The first-order valence-electron chi connectivity index (χ1n) is 4.76. The van der Waals surface area contributed by atoms with Crippen LogP contribution in [0, 0.1) is 16.7 Å². The fourth-order valence-electron chi connectivity index (χ4n) is 1.86. The average molecular weight is 203 g/mol. The van der Waals surface area contributed by atoms with Gasteiger partial charge in [0.1, 0.15) is 0 Å². The molecule has 0 spiro atoms. The van der Waals surface area contributed by atoms with Crippen molar-refractivity contribution in [2.75, 3.05) is 5.75 Å². The molecule has 1 aliphatic rings. The summed E-state index contributed by atoms with van der Waals surface area (Å²) in [6.07, 6.45) is 0. The van der Waals surface area contributed by atoms with Gasteiger partial charge >= 0.3 is 0 Å². The van der Waals surface area contributed by atoms with Crippen LogP contribution in [0.4, 0.5) is 0 Å². The van der Waals surface area contributed by atoms with Gasteiger partial charge in [0.2, 0.25) is 0 Å². The van der Waals surface area contributed by atoms with Crippen LogP contribution in [0.1, 0.15) is 25.3 Å². The van der Waals surface area contributed by atoms with E-state index in [0.717, 1.165) is 5.75 Å². The summed E-state index contributed by atoms with van der Waals surface area (Å²) in [7, 11) is 0. The van der Waals surface area contributed by atoms with E-state index >= 15 is 0 Å². The number of fused-ring (bicyclic) bond motifs is 1. The Balaban J connectivity index is 2.52. The number of hydrogen-bond donors (Lipinski definition) is 0. The van der Waals surface area contributed by atoms with E-state index in [1.165, 1.54) is 10.5 Å². The zero-order valence-corrected chi connectivity index (χ0v) is 9.27. The van der Waals surface area contributed by atoms with Crippen molar-refractivity contribution in [2.45, 2.75) is 24.7 Å². The maximum Gasteiger partial charge on any atom is 0.0782 e. The molecule has 14 heavy (non-hydrogen) atoms. The molecule has 0 bridgehead atoms. The summed E-state index contributed by atoms with van der Waals surface area (Å²) >= 11 is 1.86. The van der Waals surface area contributed by atoms with E-state index in [4.69, 9.17) is 0 Å². The van der Waals surface area contributed by atoms with Crippen molar-refractivity contribution in [1.82, 2.24) is 0 Å². The highest BCUT2D eigenvalue weighted by atomic mass is 32.2. The second-order valence-corrected chi connectivity index (χ2v) is 5.39. The molecule has 2 rings (SSSR count). The zero-order valence-electron chi connectivity index (χ0n) is 8.45. The monoisotopic (exact) mass is 203 g/mol. The first-order valence-corrected chi connectivity index (χ1v) is 5.75. The molecule has 1 nitrogen and oxygen atoms in total. The summed E-state index contributed by atoms with van der Waals surface area (Å²) in [5, 5.41) is 9.21. The van der Waals surface area contributed by atoms with E-state index in [9.17, 15) is 5.26 Å². The summed E-state index contributed by atoms with van der Waals surface area (Å²) in [6, 6.07) is 10.7. The topological polar surface area (TPSA) is 23.8 Å². The van der Waals surface area contributed by atoms with Gasteiger partial charge in [-0.3, -0.25) is 0 Å². The molecule has 0 aromatic heterocycles. The zero-order chi connectivity index (χ0) is 10.2. The van der Waals surface area contributed by atoms with E-state index in [2.05, 4.69) is 32.0 Å². The van der Waals surface area contributed by atoms with Crippen molar-refractivity contribution < 1.29 is 0 Å².